The molecule has 102 valence electrons. The Morgan fingerprint density at radius 3 is 2.56 bits per heavy atom. The van der Waals surface area contributed by atoms with Crippen LogP contribution in [0.3, 0.4) is 0 Å². The Labute approximate surface area is 107 Å². The SMILES string of the molecule is CCOc1ccc(C(C(O)CN)N(C)C)cc1F. The molecule has 0 aliphatic rings. The third kappa shape index (κ3) is 3.41. The normalized spacial score (nSPS) is 14.6. The van der Waals surface area contributed by atoms with Crippen molar-refractivity contribution in [2.24, 2.45) is 5.73 Å². The van der Waals surface area contributed by atoms with Gasteiger partial charge in [0.2, 0.25) is 0 Å². The second-order valence-corrected chi connectivity index (χ2v) is 4.33. The molecule has 0 aliphatic carbocycles. The number of aliphatic hydroxyl groups excluding tert-OH is 1. The fourth-order valence-corrected chi connectivity index (χ4v) is 1.97. The Morgan fingerprint density at radius 1 is 1.44 bits per heavy atom. The molecule has 0 bridgehead atoms. The highest BCUT2D eigenvalue weighted by molar-refractivity contribution is 5.31. The van der Waals surface area contributed by atoms with Gasteiger partial charge in [0, 0.05) is 6.54 Å². The average molecular weight is 256 g/mol. The molecule has 0 saturated heterocycles. The van der Waals surface area contributed by atoms with Gasteiger partial charge in [-0.1, -0.05) is 6.07 Å². The van der Waals surface area contributed by atoms with Crippen molar-refractivity contribution < 1.29 is 14.2 Å². The highest BCUT2D eigenvalue weighted by Gasteiger charge is 2.23. The van der Waals surface area contributed by atoms with Crippen molar-refractivity contribution in [2.75, 3.05) is 27.2 Å². The largest absolute Gasteiger partial charge is 0.491 e. The van der Waals surface area contributed by atoms with Gasteiger partial charge in [0.25, 0.3) is 0 Å². The molecule has 4 nitrogen and oxygen atoms in total. The van der Waals surface area contributed by atoms with Gasteiger partial charge in [-0.15, -0.1) is 0 Å². The van der Waals surface area contributed by atoms with Crippen molar-refractivity contribution in [1.82, 2.24) is 4.90 Å². The molecule has 1 aromatic carbocycles. The van der Waals surface area contributed by atoms with Crippen LogP contribution in [0, 0.1) is 5.82 Å². The zero-order valence-corrected chi connectivity index (χ0v) is 11.1. The molecule has 3 N–H and O–H groups in total. The van der Waals surface area contributed by atoms with Crippen molar-refractivity contribution in [2.45, 2.75) is 19.1 Å². The minimum Gasteiger partial charge on any atom is -0.491 e. The first-order chi connectivity index (χ1) is 8.51. The number of nitrogens with two attached hydrogens (primary N) is 1. The van der Waals surface area contributed by atoms with Crippen LogP contribution in [0.25, 0.3) is 0 Å². The molecule has 0 fully saturated rings. The van der Waals surface area contributed by atoms with E-state index in [0.717, 1.165) is 0 Å². The topological polar surface area (TPSA) is 58.7 Å². The predicted octanol–water partition coefficient (Wildman–Crippen LogP) is 1.15. The molecule has 0 spiro atoms. The van der Waals surface area contributed by atoms with E-state index in [1.807, 2.05) is 19.0 Å². The smallest absolute Gasteiger partial charge is 0.165 e. The van der Waals surface area contributed by atoms with Crippen LogP contribution in [-0.2, 0) is 0 Å². The molecule has 18 heavy (non-hydrogen) atoms. The Morgan fingerprint density at radius 2 is 2.11 bits per heavy atom. The van der Waals surface area contributed by atoms with Gasteiger partial charge < -0.3 is 20.5 Å². The van der Waals surface area contributed by atoms with Crippen molar-refractivity contribution in [3.63, 3.8) is 0 Å². The number of ether oxygens (including phenoxy) is 1. The summed E-state index contributed by atoms with van der Waals surface area (Å²) in [6.45, 7) is 2.34. The third-order valence-electron chi connectivity index (χ3n) is 2.76. The summed E-state index contributed by atoms with van der Waals surface area (Å²) in [4.78, 5) is 1.81. The highest BCUT2D eigenvalue weighted by atomic mass is 19.1. The third-order valence-corrected chi connectivity index (χ3v) is 2.76. The fourth-order valence-electron chi connectivity index (χ4n) is 1.97. The van der Waals surface area contributed by atoms with Crippen molar-refractivity contribution >= 4 is 0 Å². The zero-order chi connectivity index (χ0) is 13.7. The molecule has 0 saturated carbocycles. The van der Waals surface area contributed by atoms with E-state index in [0.29, 0.717) is 12.2 Å². The van der Waals surface area contributed by atoms with E-state index in [4.69, 9.17) is 10.5 Å². The number of halogens is 1. The summed E-state index contributed by atoms with van der Waals surface area (Å²) < 4.78 is 18.9. The molecule has 0 heterocycles. The summed E-state index contributed by atoms with van der Waals surface area (Å²) in [6.07, 6.45) is -0.739. The summed E-state index contributed by atoms with van der Waals surface area (Å²) >= 11 is 0. The van der Waals surface area contributed by atoms with E-state index in [-0.39, 0.29) is 18.3 Å². The average Bonchev–Trinajstić information content (AvgIpc) is 2.32. The molecule has 0 amide bonds. The van der Waals surface area contributed by atoms with Gasteiger partial charge in [-0.3, -0.25) is 0 Å². The van der Waals surface area contributed by atoms with Crippen LogP contribution < -0.4 is 10.5 Å². The first-order valence-electron chi connectivity index (χ1n) is 5.98. The monoisotopic (exact) mass is 256 g/mol. The number of nitrogens with zero attached hydrogens (tertiary/aromatic N) is 1. The van der Waals surface area contributed by atoms with Crippen LogP contribution >= 0.6 is 0 Å². The second kappa shape index (κ2) is 6.68. The van der Waals surface area contributed by atoms with Crippen LogP contribution in [0.2, 0.25) is 0 Å². The maximum absolute atomic E-state index is 13.8. The minimum atomic E-state index is -0.739. The number of likely N-dealkylation sites (N-methyl/N-ethyl adjacent to an activating group) is 1. The van der Waals surface area contributed by atoms with Crippen LogP contribution in [0.1, 0.15) is 18.5 Å². The van der Waals surface area contributed by atoms with E-state index < -0.39 is 11.9 Å². The number of hydrogen-bond acceptors (Lipinski definition) is 4. The zero-order valence-electron chi connectivity index (χ0n) is 11.1. The van der Waals surface area contributed by atoms with E-state index in [2.05, 4.69) is 0 Å². The van der Waals surface area contributed by atoms with E-state index in [9.17, 15) is 9.50 Å². The van der Waals surface area contributed by atoms with Crippen LogP contribution in [0.4, 0.5) is 4.39 Å². The lowest BCUT2D eigenvalue weighted by Gasteiger charge is -2.29. The van der Waals surface area contributed by atoms with Gasteiger partial charge >= 0.3 is 0 Å². The quantitative estimate of drug-likeness (QED) is 0.801. The standard InChI is InChI=1S/C13H21FN2O2/c1-4-18-12-6-5-9(7-10(12)14)13(16(2)3)11(17)8-15/h5-7,11,13,17H,4,8,15H2,1-3H3. The van der Waals surface area contributed by atoms with Gasteiger partial charge in [0.05, 0.1) is 18.8 Å². The van der Waals surface area contributed by atoms with Crippen molar-refractivity contribution in [3.8, 4) is 5.75 Å². The Hall–Kier alpha value is -1.17. The van der Waals surface area contributed by atoms with Crippen LogP contribution in [0.5, 0.6) is 5.75 Å². The summed E-state index contributed by atoms with van der Waals surface area (Å²) in [5.74, 6) is -0.202. The molecule has 2 unspecified atom stereocenters. The molecule has 0 aromatic heterocycles. The highest BCUT2D eigenvalue weighted by Crippen LogP contribution is 2.26. The van der Waals surface area contributed by atoms with E-state index in [1.165, 1.54) is 6.07 Å². The maximum Gasteiger partial charge on any atom is 0.165 e. The van der Waals surface area contributed by atoms with Gasteiger partial charge in [0.1, 0.15) is 0 Å². The van der Waals surface area contributed by atoms with Crippen LogP contribution in [-0.4, -0.2) is 43.4 Å². The van der Waals surface area contributed by atoms with Crippen LogP contribution in [0.15, 0.2) is 18.2 Å². The minimum absolute atomic E-state index is 0.123. The molecule has 2 atom stereocenters. The molecule has 0 aliphatic heterocycles. The second-order valence-electron chi connectivity index (χ2n) is 4.33. The summed E-state index contributed by atoms with van der Waals surface area (Å²) in [5, 5.41) is 9.88. The number of hydrogen-bond donors (Lipinski definition) is 2. The first kappa shape index (κ1) is 14.9. The Kier molecular flexibility index (Phi) is 5.53. The summed E-state index contributed by atoms with van der Waals surface area (Å²) in [5.41, 5.74) is 6.15. The van der Waals surface area contributed by atoms with Gasteiger partial charge in [-0.05, 0) is 38.7 Å². The number of aliphatic hydroxyl groups is 1. The lowest BCUT2D eigenvalue weighted by atomic mass is 10.00. The lowest BCUT2D eigenvalue weighted by molar-refractivity contribution is 0.0821. The molecule has 1 rings (SSSR count). The maximum atomic E-state index is 13.8. The van der Waals surface area contributed by atoms with E-state index >= 15 is 0 Å². The number of benzene rings is 1. The molecule has 1 aromatic rings. The Bertz CT molecular complexity index is 385. The van der Waals surface area contributed by atoms with E-state index in [1.54, 1.807) is 19.1 Å². The molecular formula is C13H21FN2O2. The van der Waals surface area contributed by atoms with Gasteiger partial charge in [0.15, 0.2) is 11.6 Å². The molecule has 0 radical (unpaired) electrons. The van der Waals surface area contributed by atoms with Gasteiger partial charge in [-0.25, -0.2) is 4.39 Å². The Balaban J connectivity index is 3.03. The number of rotatable bonds is 6. The summed E-state index contributed by atoms with van der Waals surface area (Å²) in [7, 11) is 3.63. The fraction of sp³-hybridized carbons (Fsp3) is 0.538. The predicted molar refractivity (Wildman–Crippen MR) is 69.1 cm³/mol. The van der Waals surface area contributed by atoms with Crippen molar-refractivity contribution in [3.05, 3.63) is 29.6 Å². The van der Waals surface area contributed by atoms with Gasteiger partial charge in [-0.2, -0.15) is 0 Å². The van der Waals surface area contributed by atoms with Crippen molar-refractivity contribution in [1.29, 1.82) is 0 Å². The summed E-state index contributed by atoms with van der Waals surface area (Å²) in [6, 6.07) is 4.38. The first-order valence-corrected chi connectivity index (χ1v) is 5.98. The lowest BCUT2D eigenvalue weighted by Crippen LogP contribution is -2.36. The molecule has 5 heteroatoms. The molecular weight excluding hydrogens is 235 g/mol.